The lowest BCUT2D eigenvalue weighted by Crippen LogP contribution is -2.11. The second kappa shape index (κ2) is 4.99. The van der Waals surface area contributed by atoms with Crippen LogP contribution in [-0.2, 0) is 4.79 Å². The molecule has 0 saturated heterocycles. The molecule has 1 aromatic carbocycles. The van der Waals surface area contributed by atoms with Gasteiger partial charge in [0, 0.05) is 12.1 Å². The number of benzene rings is 1. The lowest BCUT2D eigenvalue weighted by Gasteiger charge is -2.05. The number of carbonyl (C=O) groups excluding carboxylic acids is 1. The minimum absolute atomic E-state index is 0.0767. The van der Waals surface area contributed by atoms with E-state index in [1.807, 2.05) is 24.3 Å². The fourth-order valence-corrected chi connectivity index (χ4v) is 1.65. The fraction of sp³-hybridized carbons (Fsp3) is 0.385. The molecule has 0 aromatic heterocycles. The maximum absolute atomic E-state index is 11.6. The zero-order valence-corrected chi connectivity index (χ0v) is 9.81. The van der Waals surface area contributed by atoms with Crippen molar-refractivity contribution in [1.82, 2.24) is 0 Å². The normalized spacial score (nSPS) is 15.7. The summed E-state index contributed by atoms with van der Waals surface area (Å²) in [6.07, 6.45) is 2.98. The van der Waals surface area contributed by atoms with Gasteiger partial charge in [-0.3, -0.25) is 4.79 Å². The van der Waals surface area contributed by atoms with Gasteiger partial charge in [0.25, 0.3) is 0 Å². The Morgan fingerprint density at radius 2 is 2.06 bits per heavy atom. The first-order valence-electron chi connectivity index (χ1n) is 5.78. The molecule has 0 radical (unpaired) electrons. The van der Waals surface area contributed by atoms with Crippen molar-refractivity contribution in [2.75, 3.05) is 5.32 Å². The molecule has 1 amide bonds. The summed E-state index contributed by atoms with van der Waals surface area (Å²) in [4.78, 5) is 11.6. The molecule has 1 aliphatic rings. The van der Waals surface area contributed by atoms with E-state index in [9.17, 15) is 4.79 Å². The molecule has 0 heterocycles. The molecule has 1 fully saturated rings. The number of amides is 1. The highest BCUT2D eigenvalue weighted by Gasteiger charge is 2.24. The van der Waals surface area contributed by atoms with Crippen LogP contribution in [0.4, 0.5) is 5.69 Å². The molecule has 17 heavy (non-hydrogen) atoms. The maximum Gasteiger partial charge on any atom is 0.224 e. The Morgan fingerprint density at radius 3 is 2.59 bits per heavy atom. The Bertz CT molecular complexity index is 433. The number of anilines is 1. The number of hydrogen-bond acceptors (Lipinski definition) is 3. The first-order valence-corrected chi connectivity index (χ1v) is 5.78. The lowest BCUT2D eigenvalue weighted by molar-refractivity contribution is -0.116. The average Bonchev–Trinajstić information content (AvgIpc) is 3.12. The quantitative estimate of drug-likeness (QED) is 0.476. The third-order valence-corrected chi connectivity index (χ3v) is 2.91. The van der Waals surface area contributed by atoms with Crippen LogP contribution in [0.3, 0.4) is 0 Å². The third kappa shape index (κ3) is 3.31. The van der Waals surface area contributed by atoms with E-state index in [1.165, 1.54) is 12.8 Å². The van der Waals surface area contributed by atoms with Gasteiger partial charge in [0.1, 0.15) is 0 Å². The highest BCUT2D eigenvalue weighted by molar-refractivity contribution is 5.99. The van der Waals surface area contributed by atoms with Gasteiger partial charge in [-0.1, -0.05) is 17.3 Å². The summed E-state index contributed by atoms with van der Waals surface area (Å²) in [5.74, 6) is 0.672. The van der Waals surface area contributed by atoms with Crippen LogP contribution in [0, 0.1) is 5.92 Å². The third-order valence-electron chi connectivity index (χ3n) is 2.91. The second-order valence-corrected chi connectivity index (χ2v) is 4.46. The van der Waals surface area contributed by atoms with Gasteiger partial charge in [-0.2, -0.15) is 0 Å². The predicted molar refractivity (Wildman–Crippen MR) is 66.4 cm³/mol. The zero-order valence-electron chi connectivity index (χ0n) is 9.81. The summed E-state index contributed by atoms with van der Waals surface area (Å²) in [6, 6.07) is 7.27. The van der Waals surface area contributed by atoms with Crippen molar-refractivity contribution in [2.45, 2.75) is 26.2 Å². The van der Waals surface area contributed by atoms with Gasteiger partial charge >= 0.3 is 0 Å². The van der Waals surface area contributed by atoms with Crippen molar-refractivity contribution in [3.05, 3.63) is 29.8 Å². The summed E-state index contributed by atoms with van der Waals surface area (Å²) < 4.78 is 0. The van der Waals surface area contributed by atoms with E-state index in [4.69, 9.17) is 5.21 Å². The van der Waals surface area contributed by atoms with Gasteiger partial charge in [0.05, 0.1) is 5.71 Å². The van der Waals surface area contributed by atoms with Gasteiger partial charge < -0.3 is 10.5 Å². The van der Waals surface area contributed by atoms with Crippen LogP contribution >= 0.6 is 0 Å². The summed E-state index contributed by atoms with van der Waals surface area (Å²) in [5.41, 5.74) is 2.18. The highest BCUT2D eigenvalue weighted by atomic mass is 16.4. The number of carbonyl (C=O) groups is 1. The van der Waals surface area contributed by atoms with Crippen molar-refractivity contribution in [1.29, 1.82) is 0 Å². The molecule has 0 unspecified atom stereocenters. The van der Waals surface area contributed by atoms with E-state index in [0.717, 1.165) is 11.3 Å². The first kappa shape index (κ1) is 11.6. The number of nitrogens with one attached hydrogen (secondary N) is 1. The largest absolute Gasteiger partial charge is 0.411 e. The van der Waals surface area contributed by atoms with Crippen molar-refractivity contribution < 1.29 is 10.0 Å². The molecular weight excluding hydrogens is 216 g/mol. The molecule has 0 aliphatic heterocycles. The van der Waals surface area contributed by atoms with Gasteiger partial charge in [0.15, 0.2) is 0 Å². The van der Waals surface area contributed by atoms with Crippen LogP contribution in [0.5, 0.6) is 0 Å². The Kier molecular flexibility index (Phi) is 3.42. The van der Waals surface area contributed by atoms with E-state index in [-0.39, 0.29) is 5.91 Å². The van der Waals surface area contributed by atoms with E-state index >= 15 is 0 Å². The predicted octanol–water partition coefficient (Wildman–Crippen LogP) is 2.62. The number of nitrogens with zero attached hydrogens (tertiary/aromatic N) is 1. The van der Waals surface area contributed by atoms with Crippen LogP contribution in [0.15, 0.2) is 29.4 Å². The molecule has 1 aromatic rings. The Labute approximate surface area is 100 Å². The molecule has 90 valence electrons. The molecule has 0 spiro atoms. The van der Waals surface area contributed by atoms with Crippen LogP contribution in [0.2, 0.25) is 0 Å². The average molecular weight is 232 g/mol. The lowest BCUT2D eigenvalue weighted by atomic mass is 10.1. The minimum atomic E-state index is 0.0767. The molecule has 2 rings (SSSR count). The molecular formula is C13H16N2O2. The smallest absolute Gasteiger partial charge is 0.224 e. The SMILES string of the molecule is CC(=NO)c1ccc(NC(=O)CC2CC2)cc1. The monoisotopic (exact) mass is 232 g/mol. The highest BCUT2D eigenvalue weighted by Crippen LogP contribution is 2.32. The molecule has 1 aliphatic carbocycles. The van der Waals surface area contributed by atoms with Crippen molar-refractivity contribution in [3.8, 4) is 0 Å². The molecule has 4 heteroatoms. The van der Waals surface area contributed by atoms with Crippen molar-refractivity contribution >= 4 is 17.3 Å². The van der Waals surface area contributed by atoms with Crippen molar-refractivity contribution in [2.24, 2.45) is 11.1 Å². The van der Waals surface area contributed by atoms with Crippen LogP contribution in [0.25, 0.3) is 0 Å². The number of oxime groups is 1. The molecule has 0 atom stereocenters. The number of hydrogen-bond donors (Lipinski definition) is 2. The van der Waals surface area contributed by atoms with Gasteiger partial charge in [-0.25, -0.2) is 0 Å². The fourth-order valence-electron chi connectivity index (χ4n) is 1.65. The van der Waals surface area contributed by atoms with E-state index < -0.39 is 0 Å². The number of rotatable bonds is 4. The van der Waals surface area contributed by atoms with E-state index in [1.54, 1.807) is 6.92 Å². The Hall–Kier alpha value is -1.84. The standard InChI is InChI=1S/C13H16N2O2/c1-9(15-17)11-4-6-12(7-5-11)14-13(16)8-10-2-3-10/h4-7,10,17H,2-3,8H2,1H3,(H,14,16). The van der Waals surface area contributed by atoms with Gasteiger partial charge in [-0.15, -0.1) is 0 Å². The second-order valence-electron chi connectivity index (χ2n) is 4.46. The van der Waals surface area contributed by atoms with Crippen molar-refractivity contribution in [3.63, 3.8) is 0 Å². The topological polar surface area (TPSA) is 61.7 Å². The summed E-state index contributed by atoms with van der Waals surface area (Å²) in [6.45, 7) is 1.72. The summed E-state index contributed by atoms with van der Waals surface area (Å²) >= 11 is 0. The van der Waals surface area contributed by atoms with E-state index in [2.05, 4.69) is 10.5 Å². The van der Waals surface area contributed by atoms with Gasteiger partial charge in [0.2, 0.25) is 5.91 Å². The van der Waals surface area contributed by atoms with E-state index in [0.29, 0.717) is 18.1 Å². The Morgan fingerprint density at radius 1 is 1.41 bits per heavy atom. The Balaban J connectivity index is 1.95. The zero-order chi connectivity index (χ0) is 12.3. The van der Waals surface area contributed by atoms with Crippen LogP contribution < -0.4 is 5.32 Å². The molecule has 2 N–H and O–H groups in total. The first-order chi connectivity index (χ1) is 8.19. The molecule has 0 bridgehead atoms. The minimum Gasteiger partial charge on any atom is -0.411 e. The molecule has 1 saturated carbocycles. The van der Waals surface area contributed by atoms with Crippen LogP contribution in [-0.4, -0.2) is 16.8 Å². The molecule has 4 nitrogen and oxygen atoms in total. The maximum atomic E-state index is 11.6. The van der Waals surface area contributed by atoms with Crippen LogP contribution in [0.1, 0.15) is 31.7 Å². The summed E-state index contributed by atoms with van der Waals surface area (Å²) in [7, 11) is 0. The van der Waals surface area contributed by atoms with Gasteiger partial charge in [-0.05, 0) is 43.4 Å². The summed E-state index contributed by atoms with van der Waals surface area (Å²) in [5, 5.41) is 14.6.